The quantitative estimate of drug-likeness (QED) is 0.508. The average Bonchev–Trinajstić information content (AvgIpc) is 2.59. The Morgan fingerprint density at radius 2 is 1.66 bits per heavy atom. The van der Waals surface area contributed by atoms with E-state index in [4.69, 9.17) is 9.47 Å². The van der Waals surface area contributed by atoms with Gasteiger partial charge in [-0.1, -0.05) is 30.3 Å². The van der Waals surface area contributed by atoms with Gasteiger partial charge in [0.15, 0.2) is 0 Å². The molecule has 29 heavy (non-hydrogen) atoms. The van der Waals surface area contributed by atoms with Crippen molar-refractivity contribution >= 4 is 43.9 Å². The molecular weight excluding hydrogens is 506 g/mol. The lowest BCUT2D eigenvalue weighted by atomic mass is 10.1. The van der Waals surface area contributed by atoms with Crippen LogP contribution in [0.1, 0.15) is 31.9 Å². The number of benzene rings is 2. The summed E-state index contributed by atoms with van der Waals surface area (Å²) < 4.78 is 12.4. The van der Waals surface area contributed by atoms with Crippen LogP contribution in [-0.4, -0.2) is 28.8 Å². The Labute approximate surface area is 186 Å². The summed E-state index contributed by atoms with van der Waals surface area (Å²) in [4.78, 5) is 23.5. The van der Waals surface area contributed by atoms with Crippen LogP contribution in [0.4, 0.5) is 4.79 Å². The zero-order chi connectivity index (χ0) is 21.6. The van der Waals surface area contributed by atoms with Crippen molar-refractivity contribution in [3.63, 3.8) is 0 Å². The van der Waals surface area contributed by atoms with E-state index in [1.54, 1.807) is 32.9 Å². The molecule has 0 saturated carbocycles. The minimum Gasteiger partial charge on any atom is -0.487 e. The molecule has 0 saturated heterocycles. The predicted octanol–water partition coefficient (Wildman–Crippen LogP) is 5.31. The monoisotopic (exact) mass is 527 g/mol. The van der Waals surface area contributed by atoms with Crippen molar-refractivity contribution in [3.8, 4) is 5.75 Å². The Balaban J connectivity index is 2.09. The van der Waals surface area contributed by atoms with E-state index in [9.17, 15) is 14.7 Å². The minimum absolute atomic E-state index is 0.0880. The van der Waals surface area contributed by atoms with Gasteiger partial charge in [0.2, 0.25) is 0 Å². The Morgan fingerprint density at radius 1 is 1.07 bits per heavy atom. The third-order valence-corrected chi connectivity index (χ3v) is 4.89. The number of carboxylic acids is 1. The van der Waals surface area contributed by atoms with Crippen LogP contribution in [0.2, 0.25) is 0 Å². The Morgan fingerprint density at radius 3 is 2.17 bits per heavy atom. The predicted molar refractivity (Wildman–Crippen MR) is 117 cm³/mol. The molecule has 2 rings (SSSR count). The van der Waals surface area contributed by atoms with Gasteiger partial charge in [0.25, 0.3) is 0 Å². The van der Waals surface area contributed by atoms with Crippen molar-refractivity contribution < 1.29 is 24.2 Å². The number of hydrogen-bond donors (Lipinski definition) is 2. The SMILES string of the molecule is CC(C)(C)OC(=O)N[C@@H](Cc1cc(Br)c(OCc2ccccc2)c(Br)c1)C(=O)O. The van der Waals surface area contributed by atoms with Gasteiger partial charge >= 0.3 is 12.1 Å². The zero-order valence-corrected chi connectivity index (χ0v) is 19.5. The summed E-state index contributed by atoms with van der Waals surface area (Å²) in [5, 5.41) is 11.9. The number of hydrogen-bond acceptors (Lipinski definition) is 4. The highest BCUT2D eigenvalue weighted by molar-refractivity contribution is 9.11. The molecular formula is C21H23Br2NO5. The van der Waals surface area contributed by atoms with Crippen molar-refractivity contribution in [2.45, 2.75) is 45.4 Å². The van der Waals surface area contributed by atoms with E-state index in [0.29, 0.717) is 26.9 Å². The van der Waals surface area contributed by atoms with Gasteiger partial charge in [-0.25, -0.2) is 9.59 Å². The van der Waals surface area contributed by atoms with Gasteiger partial charge in [-0.05, 0) is 75.9 Å². The van der Waals surface area contributed by atoms with Crippen LogP contribution in [0.15, 0.2) is 51.4 Å². The molecule has 1 atom stereocenters. The molecule has 2 aromatic rings. The standard InChI is InChI=1S/C21H23Br2NO5/c1-21(2,3)29-20(27)24-17(19(25)26)11-14-9-15(22)18(16(23)10-14)28-12-13-7-5-4-6-8-13/h4-10,17H,11-12H2,1-3H3,(H,24,27)(H,25,26)/t17-/m0/s1. The van der Waals surface area contributed by atoms with Crippen LogP contribution >= 0.6 is 31.9 Å². The molecule has 8 heteroatoms. The fourth-order valence-electron chi connectivity index (χ4n) is 2.48. The first-order valence-corrected chi connectivity index (χ1v) is 10.5. The Hall–Kier alpha value is -2.06. The number of carboxylic acid groups (broad SMARTS) is 1. The van der Waals surface area contributed by atoms with E-state index in [-0.39, 0.29) is 6.42 Å². The first kappa shape index (κ1) is 23.2. The number of amides is 1. The molecule has 2 aromatic carbocycles. The maximum Gasteiger partial charge on any atom is 0.408 e. The second kappa shape index (κ2) is 10.1. The molecule has 156 valence electrons. The van der Waals surface area contributed by atoms with Gasteiger partial charge in [0.1, 0.15) is 24.0 Å². The van der Waals surface area contributed by atoms with Crippen molar-refractivity contribution in [2.24, 2.45) is 0 Å². The second-order valence-electron chi connectivity index (χ2n) is 7.40. The van der Waals surface area contributed by atoms with E-state index < -0.39 is 23.7 Å². The van der Waals surface area contributed by atoms with Crippen LogP contribution in [0.25, 0.3) is 0 Å². The van der Waals surface area contributed by atoms with E-state index in [1.807, 2.05) is 30.3 Å². The molecule has 0 radical (unpaired) electrons. The lowest BCUT2D eigenvalue weighted by Gasteiger charge is -2.22. The van der Waals surface area contributed by atoms with Crippen LogP contribution in [-0.2, 0) is 22.6 Å². The highest BCUT2D eigenvalue weighted by atomic mass is 79.9. The molecule has 0 aromatic heterocycles. The van der Waals surface area contributed by atoms with Gasteiger partial charge < -0.3 is 19.9 Å². The van der Waals surface area contributed by atoms with Gasteiger partial charge in [0.05, 0.1) is 8.95 Å². The van der Waals surface area contributed by atoms with Crippen LogP contribution < -0.4 is 10.1 Å². The summed E-state index contributed by atoms with van der Waals surface area (Å²) in [6, 6.07) is 12.2. The number of carbonyl (C=O) groups excluding carboxylic acids is 1. The lowest BCUT2D eigenvalue weighted by molar-refractivity contribution is -0.139. The van der Waals surface area contributed by atoms with Gasteiger partial charge in [-0.2, -0.15) is 0 Å². The molecule has 6 nitrogen and oxygen atoms in total. The molecule has 0 heterocycles. The minimum atomic E-state index is -1.15. The van der Waals surface area contributed by atoms with Crippen molar-refractivity contribution in [3.05, 3.63) is 62.5 Å². The van der Waals surface area contributed by atoms with Gasteiger partial charge in [0, 0.05) is 6.42 Å². The maximum absolute atomic E-state index is 11.9. The Kier molecular flexibility index (Phi) is 8.10. The van der Waals surface area contributed by atoms with E-state index in [1.165, 1.54) is 0 Å². The molecule has 0 bridgehead atoms. The number of halogens is 2. The van der Waals surface area contributed by atoms with E-state index >= 15 is 0 Å². The Bertz CT molecular complexity index is 842. The summed E-state index contributed by atoms with van der Waals surface area (Å²) in [6.07, 6.45) is -0.684. The number of aliphatic carboxylic acids is 1. The van der Waals surface area contributed by atoms with Crippen molar-refractivity contribution in [1.29, 1.82) is 0 Å². The van der Waals surface area contributed by atoms with Crippen LogP contribution in [0, 0.1) is 0 Å². The summed E-state index contributed by atoms with van der Waals surface area (Å²) >= 11 is 6.95. The maximum atomic E-state index is 11.9. The molecule has 0 aliphatic rings. The van der Waals surface area contributed by atoms with Gasteiger partial charge in [-0.3, -0.25) is 0 Å². The topological polar surface area (TPSA) is 84.9 Å². The summed E-state index contributed by atoms with van der Waals surface area (Å²) in [5.41, 5.74) is 1.03. The van der Waals surface area contributed by atoms with Crippen molar-refractivity contribution in [1.82, 2.24) is 5.32 Å². The zero-order valence-electron chi connectivity index (χ0n) is 16.4. The fraction of sp³-hybridized carbons (Fsp3) is 0.333. The fourth-order valence-corrected chi connectivity index (χ4v) is 3.99. The summed E-state index contributed by atoms with van der Waals surface area (Å²) in [6.45, 7) is 5.54. The molecule has 0 aliphatic carbocycles. The number of rotatable bonds is 7. The smallest absolute Gasteiger partial charge is 0.408 e. The molecule has 0 unspecified atom stereocenters. The normalized spacial score (nSPS) is 12.2. The lowest BCUT2D eigenvalue weighted by Crippen LogP contribution is -2.44. The number of alkyl carbamates (subject to hydrolysis) is 1. The van der Waals surface area contributed by atoms with E-state index in [0.717, 1.165) is 5.56 Å². The van der Waals surface area contributed by atoms with Crippen LogP contribution in [0.3, 0.4) is 0 Å². The highest BCUT2D eigenvalue weighted by Gasteiger charge is 2.25. The third-order valence-electron chi connectivity index (χ3n) is 3.71. The second-order valence-corrected chi connectivity index (χ2v) is 9.11. The number of nitrogens with one attached hydrogen (secondary N) is 1. The molecule has 0 spiro atoms. The van der Waals surface area contributed by atoms with Crippen molar-refractivity contribution in [2.75, 3.05) is 0 Å². The number of carbonyl (C=O) groups is 2. The largest absolute Gasteiger partial charge is 0.487 e. The first-order chi connectivity index (χ1) is 13.5. The molecule has 2 N–H and O–H groups in total. The van der Waals surface area contributed by atoms with E-state index in [2.05, 4.69) is 37.2 Å². The molecule has 0 aliphatic heterocycles. The molecule has 0 fully saturated rings. The third kappa shape index (κ3) is 7.70. The van der Waals surface area contributed by atoms with Crippen LogP contribution in [0.5, 0.6) is 5.75 Å². The molecule has 1 amide bonds. The van der Waals surface area contributed by atoms with Gasteiger partial charge in [-0.15, -0.1) is 0 Å². The average molecular weight is 529 g/mol. The first-order valence-electron chi connectivity index (χ1n) is 8.92. The number of ether oxygens (including phenoxy) is 2. The summed E-state index contributed by atoms with van der Waals surface area (Å²) in [7, 11) is 0. The highest BCUT2D eigenvalue weighted by Crippen LogP contribution is 2.35. The summed E-state index contributed by atoms with van der Waals surface area (Å²) in [5.74, 6) is -0.530.